The van der Waals surface area contributed by atoms with Crippen molar-refractivity contribution in [1.82, 2.24) is 0 Å². The van der Waals surface area contributed by atoms with Crippen LogP contribution in [-0.2, 0) is 5.41 Å². The smallest absolute Gasteiger partial charge is 0.0778 e. The van der Waals surface area contributed by atoms with E-state index in [-0.39, 0.29) is 18.6 Å². The number of thiophene rings is 2. The van der Waals surface area contributed by atoms with Crippen LogP contribution in [0.5, 0.6) is 0 Å². The van der Waals surface area contributed by atoms with Crippen LogP contribution in [0.1, 0.15) is 109 Å². The fraction of sp³-hybridized carbons (Fsp3) is 0.309. The van der Waals surface area contributed by atoms with Crippen LogP contribution in [0.15, 0.2) is 109 Å². The van der Waals surface area contributed by atoms with E-state index >= 15 is 0 Å². The molecule has 0 atom stereocenters. The van der Waals surface area contributed by atoms with Crippen LogP contribution in [0.25, 0.3) is 45.9 Å². The Bertz CT molecular complexity index is 2470. The normalized spacial score (nSPS) is 12.8. The standard InChI is InChI=1S/C55H60N2O2S2/c1-5-9-33-55(34-10-6-2)52-39-43(17-26-48-28-27-47(60-48)24-15-41-11-20-45(21-12-41)56(7-3)35-37-58)18-30-50(52)51-31-19-44(40-53(51)55)54-32-29-49(61-54)25-16-42-13-22-46(23-14-42)57(8-4)36-38-59/h11-16,18-25,27-32,39-40,58-59H,5-10,33-38H2,1-4H3/b24-15+,25-16+. The van der Waals surface area contributed by atoms with E-state index in [0.717, 1.165) is 53.3 Å². The molecule has 4 aromatic carbocycles. The molecule has 7 rings (SSSR count). The average molecular weight is 845 g/mol. The van der Waals surface area contributed by atoms with Gasteiger partial charge in [-0.25, -0.2) is 0 Å². The summed E-state index contributed by atoms with van der Waals surface area (Å²) >= 11 is 3.57. The molecule has 61 heavy (non-hydrogen) atoms. The minimum absolute atomic E-state index is 0.0339. The zero-order chi connectivity index (χ0) is 42.6. The van der Waals surface area contributed by atoms with E-state index in [2.05, 4.69) is 183 Å². The van der Waals surface area contributed by atoms with Crippen molar-refractivity contribution in [2.24, 2.45) is 0 Å². The molecule has 6 aromatic rings. The summed E-state index contributed by atoms with van der Waals surface area (Å²) in [7, 11) is 0. The Balaban J connectivity index is 1.11. The highest BCUT2D eigenvalue weighted by Crippen LogP contribution is 2.55. The molecule has 0 amide bonds. The van der Waals surface area contributed by atoms with Gasteiger partial charge in [-0.15, -0.1) is 22.7 Å². The van der Waals surface area contributed by atoms with E-state index in [1.165, 1.54) is 73.7 Å². The predicted octanol–water partition coefficient (Wildman–Crippen LogP) is 13.5. The van der Waals surface area contributed by atoms with Crippen molar-refractivity contribution in [1.29, 1.82) is 0 Å². The topological polar surface area (TPSA) is 46.9 Å². The number of likely N-dealkylation sites (N-methyl/N-ethyl adjacent to an activating group) is 2. The molecule has 314 valence electrons. The lowest BCUT2D eigenvalue weighted by Gasteiger charge is -2.33. The second-order valence-corrected chi connectivity index (χ2v) is 18.2. The van der Waals surface area contributed by atoms with Crippen LogP contribution >= 0.6 is 22.7 Å². The number of hydrogen-bond acceptors (Lipinski definition) is 6. The molecule has 0 fully saturated rings. The van der Waals surface area contributed by atoms with Crippen molar-refractivity contribution in [3.8, 4) is 33.4 Å². The maximum absolute atomic E-state index is 9.42. The van der Waals surface area contributed by atoms with E-state index in [9.17, 15) is 10.2 Å². The van der Waals surface area contributed by atoms with Gasteiger partial charge in [-0.3, -0.25) is 0 Å². The summed E-state index contributed by atoms with van der Waals surface area (Å²) < 4.78 is 0. The summed E-state index contributed by atoms with van der Waals surface area (Å²) in [6.07, 6.45) is 15.7. The van der Waals surface area contributed by atoms with E-state index in [1.807, 2.05) is 11.3 Å². The van der Waals surface area contributed by atoms with Gasteiger partial charge in [-0.1, -0.05) is 106 Å². The van der Waals surface area contributed by atoms with Crippen molar-refractivity contribution < 1.29 is 10.2 Å². The number of nitrogens with zero attached hydrogens (tertiary/aromatic N) is 2. The summed E-state index contributed by atoms with van der Waals surface area (Å²) in [4.78, 5) is 9.14. The third kappa shape index (κ3) is 10.3. The highest BCUT2D eigenvalue weighted by Gasteiger charge is 2.42. The van der Waals surface area contributed by atoms with Crippen molar-refractivity contribution in [3.05, 3.63) is 152 Å². The molecule has 2 aromatic heterocycles. The van der Waals surface area contributed by atoms with Crippen LogP contribution in [0.4, 0.5) is 11.4 Å². The van der Waals surface area contributed by atoms with Crippen molar-refractivity contribution in [2.75, 3.05) is 49.2 Å². The van der Waals surface area contributed by atoms with Crippen LogP contribution < -0.4 is 9.80 Å². The van der Waals surface area contributed by atoms with Gasteiger partial charge >= 0.3 is 0 Å². The number of aliphatic hydroxyl groups excluding tert-OH is 2. The Morgan fingerprint density at radius 3 is 1.66 bits per heavy atom. The Morgan fingerprint density at radius 2 is 1.10 bits per heavy atom. The first-order chi connectivity index (χ1) is 29.9. The molecule has 0 spiro atoms. The summed E-state index contributed by atoms with van der Waals surface area (Å²) in [5.74, 6) is 7.07. The second kappa shape index (κ2) is 21.1. The number of rotatable bonds is 19. The number of fused-ring (bicyclic) bond motifs is 3. The zero-order valence-corrected chi connectivity index (χ0v) is 37.9. The largest absolute Gasteiger partial charge is 0.395 e. The molecule has 0 saturated carbocycles. The van der Waals surface area contributed by atoms with Gasteiger partial charge in [-0.05, 0) is 145 Å². The Hall–Kier alpha value is -5.16. The van der Waals surface area contributed by atoms with Crippen molar-refractivity contribution in [2.45, 2.75) is 71.6 Å². The summed E-state index contributed by atoms with van der Waals surface area (Å²) in [5.41, 5.74) is 12.6. The number of hydrogen-bond donors (Lipinski definition) is 2. The lowest BCUT2D eigenvalue weighted by molar-refractivity contribution is 0.302. The highest BCUT2D eigenvalue weighted by molar-refractivity contribution is 7.16. The Labute approximate surface area is 372 Å². The van der Waals surface area contributed by atoms with E-state index < -0.39 is 0 Å². The molecule has 0 bridgehead atoms. The van der Waals surface area contributed by atoms with Gasteiger partial charge in [0.15, 0.2) is 0 Å². The third-order valence-corrected chi connectivity index (χ3v) is 14.1. The van der Waals surface area contributed by atoms with Gasteiger partial charge in [-0.2, -0.15) is 0 Å². The molecule has 0 unspecified atom stereocenters. The molecule has 6 heteroatoms. The van der Waals surface area contributed by atoms with Gasteiger partial charge < -0.3 is 20.0 Å². The van der Waals surface area contributed by atoms with Gasteiger partial charge in [0.2, 0.25) is 0 Å². The van der Waals surface area contributed by atoms with E-state index in [4.69, 9.17) is 0 Å². The van der Waals surface area contributed by atoms with Gasteiger partial charge in [0, 0.05) is 63.2 Å². The molecular formula is C55H60N2O2S2. The van der Waals surface area contributed by atoms with E-state index in [0.29, 0.717) is 13.1 Å². The molecule has 0 saturated heterocycles. The molecular weight excluding hydrogens is 785 g/mol. The molecule has 2 N–H and O–H groups in total. The molecule has 2 heterocycles. The number of aliphatic hydroxyl groups is 2. The average Bonchev–Trinajstić information content (AvgIpc) is 4.04. The predicted molar refractivity (Wildman–Crippen MR) is 266 cm³/mol. The first-order valence-electron chi connectivity index (χ1n) is 22.2. The lowest BCUT2D eigenvalue weighted by atomic mass is 9.70. The minimum atomic E-state index is -0.0339. The Kier molecular flexibility index (Phi) is 15.2. The summed E-state index contributed by atoms with van der Waals surface area (Å²) in [6.45, 7) is 12.2. The van der Waals surface area contributed by atoms with E-state index in [1.54, 1.807) is 11.3 Å². The first-order valence-corrected chi connectivity index (χ1v) is 23.8. The van der Waals surface area contributed by atoms with Gasteiger partial charge in [0.1, 0.15) is 0 Å². The van der Waals surface area contributed by atoms with Crippen LogP contribution in [0.2, 0.25) is 0 Å². The first kappa shape index (κ1) is 43.9. The second-order valence-electron chi connectivity index (χ2n) is 15.9. The Morgan fingerprint density at radius 1 is 0.557 bits per heavy atom. The van der Waals surface area contributed by atoms with Crippen LogP contribution in [-0.4, -0.2) is 49.6 Å². The lowest BCUT2D eigenvalue weighted by Crippen LogP contribution is -2.25. The molecule has 1 aliphatic rings. The van der Waals surface area contributed by atoms with Crippen molar-refractivity contribution in [3.63, 3.8) is 0 Å². The maximum Gasteiger partial charge on any atom is 0.0778 e. The number of benzene rings is 4. The number of unbranched alkanes of at least 4 members (excludes halogenated alkanes) is 2. The third-order valence-electron chi connectivity index (χ3n) is 12.0. The highest BCUT2D eigenvalue weighted by atomic mass is 32.1. The van der Waals surface area contributed by atoms with Gasteiger partial charge in [0.05, 0.1) is 18.1 Å². The van der Waals surface area contributed by atoms with Gasteiger partial charge in [0.25, 0.3) is 0 Å². The quantitative estimate of drug-likeness (QED) is 0.0798. The number of anilines is 2. The fourth-order valence-electron chi connectivity index (χ4n) is 8.72. The zero-order valence-electron chi connectivity index (χ0n) is 36.3. The van der Waals surface area contributed by atoms with Crippen LogP contribution in [0.3, 0.4) is 0 Å². The minimum Gasteiger partial charge on any atom is -0.395 e. The molecule has 4 nitrogen and oxygen atoms in total. The summed E-state index contributed by atoms with van der Waals surface area (Å²) in [5, 5.41) is 18.8. The van der Waals surface area contributed by atoms with Crippen molar-refractivity contribution >= 4 is 58.4 Å². The molecule has 1 aliphatic carbocycles. The van der Waals surface area contributed by atoms with Crippen LogP contribution in [0, 0.1) is 11.8 Å². The maximum atomic E-state index is 9.42. The molecule has 0 aliphatic heterocycles. The summed E-state index contributed by atoms with van der Waals surface area (Å²) in [6, 6.07) is 40.1. The molecule has 0 radical (unpaired) electrons. The monoisotopic (exact) mass is 844 g/mol. The fourth-order valence-corrected chi connectivity index (χ4v) is 10.4. The SMILES string of the molecule is CCCCC1(CCCC)c2cc(C#Cc3ccc(/C=C/c4ccc(N(CC)CCO)cc4)s3)ccc2-c2ccc(-c3ccc(/C=C/c4ccc(N(CC)CCO)cc4)s3)cc21.